The largest absolute Gasteiger partial charge is 0.370 e. The summed E-state index contributed by atoms with van der Waals surface area (Å²) in [5, 5.41) is 16.4. The zero-order valence-corrected chi connectivity index (χ0v) is 6.65. The quantitative estimate of drug-likeness (QED) is 0.356. The molecule has 4 nitrogen and oxygen atoms in total. The first-order valence-electron chi connectivity index (χ1n) is 3.52. The van der Waals surface area contributed by atoms with E-state index in [9.17, 15) is 0 Å². The molecule has 0 bridgehead atoms. The van der Waals surface area contributed by atoms with Gasteiger partial charge in [-0.3, -0.25) is 5.41 Å². The van der Waals surface area contributed by atoms with E-state index in [2.05, 4.69) is 5.32 Å². The molecule has 5 N–H and O–H groups in total. The summed E-state index contributed by atoms with van der Waals surface area (Å²) in [4.78, 5) is 0. The first-order chi connectivity index (χ1) is 5.20. The van der Waals surface area contributed by atoms with E-state index in [4.69, 9.17) is 16.6 Å². The summed E-state index contributed by atoms with van der Waals surface area (Å²) in [7, 11) is 0. The molecule has 0 saturated heterocycles. The minimum Gasteiger partial charge on any atom is -0.370 e. The Balaban J connectivity index is 3.93. The van der Waals surface area contributed by atoms with Gasteiger partial charge in [-0.25, -0.2) is 0 Å². The third-order valence-corrected chi connectivity index (χ3v) is 1.09. The normalized spacial score (nSPS) is 10.8. The second-order valence-electron chi connectivity index (χ2n) is 2.13. The number of hydrogen-bond donors (Lipinski definition) is 4. The number of guanidine groups is 1. The van der Waals surface area contributed by atoms with Crippen LogP contribution in [0.2, 0.25) is 0 Å². The maximum atomic E-state index is 6.92. The maximum absolute atomic E-state index is 6.92. The molecular formula is C7H14N4. The van der Waals surface area contributed by atoms with Crippen LogP contribution in [0.5, 0.6) is 0 Å². The van der Waals surface area contributed by atoms with Crippen molar-refractivity contribution in [3.05, 3.63) is 11.8 Å². The van der Waals surface area contributed by atoms with Gasteiger partial charge in [0.2, 0.25) is 0 Å². The van der Waals surface area contributed by atoms with Gasteiger partial charge >= 0.3 is 0 Å². The van der Waals surface area contributed by atoms with Crippen molar-refractivity contribution < 1.29 is 0 Å². The third kappa shape index (κ3) is 5.14. The van der Waals surface area contributed by atoms with E-state index in [1.54, 1.807) is 0 Å². The van der Waals surface area contributed by atoms with Crippen LogP contribution in [0.25, 0.3) is 0 Å². The molecule has 0 spiro atoms. The first-order valence-corrected chi connectivity index (χ1v) is 3.52. The minimum atomic E-state index is -0.129. The number of hydrogen-bond acceptors (Lipinski definition) is 2. The smallest absolute Gasteiger partial charge is 0.190 e. The van der Waals surface area contributed by atoms with Crippen LogP contribution in [-0.4, -0.2) is 12.2 Å². The molecule has 0 fully saturated rings. The molecule has 0 heterocycles. The third-order valence-electron chi connectivity index (χ3n) is 1.09. The van der Waals surface area contributed by atoms with E-state index in [1.807, 2.05) is 13.0 Å². The Morgan fingerprint density at radius 3 is 2.64 bits per heavy atom. The second-order valence-corrected chi connectivity index (χ2v) is 2.13. The Kier molecular flexibility index (Phi) is 4.81. The Labute approximate surface area is 66.5 Å². The van der Waals surface area contributed by atoms with Gasteiger partial charge in [-0.05, 0) is 6.42 Å². The van der Waals surface area contributed by atoms with Crippen molar-refractivity contribution in [3.8, 4) is 0 Å². The SMILES string of the molecule is CCC/C=C(\C=N)NC(=N)N. The molecule has 0 unspecified atom stereocenters. The van der Waals surface area contributed by atoms with E-state index in [-0.39, 0.29) is 5.96 Å². The van der Waals surface area contributed by atoms with Crippen molar-refractivity contribution in [2.75, 3.05) is 0 Å². The predicted molar refractivity (Wildman–Crippen MR) is 46.8 cm³/mol. The van der Waals surface area contributed by atoms with Crippen molar-refractivity contribution in [1.29, 1.82) is 10.8 Å². The molecule has 4 heteroatoms. The van der Waals surface area contributed by atoms with Gasteiger partial charge < -0.3 is 16.5 Å². The molecule has 0 rings (SSSR count). The maximum Gasteiger partial charge on any atom is 0.190 e. The van der Waals surface area contributed by atoms with Crippen LogP contribution < -0.4 is 11.1 Å². The molecule has 0 aromatic heterocycles. The van der Waals surface area contributed by atoms with Gasteiger partial charge in [-0.1, -0.05) is 19.4 Å². The Morgan fingerprint density at radius 2 is 2.27 bits per heavy atom. The first kappa shape index (κ1) is 9.68. The summed E-state index contributed by atoms with van der Waals surface area (Å²) in [6.45, 7) is 2.05. The van der Waals surface area contributed by atoms with Crippen LogP contribution in [0, 0.1) is 10.8 Å². The lowest BCUT2D eigenvalue weighted by Gasteiger charge is -2.01. The van der Waals surface area contributed by atoms with E-state index in [0.29, 0.717) is 5.70 Å². The average Bonchev–Trinajstić information content (AvgIpc) is 1.97. The fourth-order valence-corrected chi connectivity index (χ4v) is 0.601. The summed E-state index contributed by atoms with van der Waals surface area (Å²) in [6.07, 6.45) is 4.91. The molecule has 0 aromatic rings. The van der Waals surface area contributed by atoms with Gasteiger partial charge in [0.05, 0.1) is 5.70 Å². The van der Waals surface area contributed by atoms with Crippen LogP contribution in [0.4, 0.5) is 0 Å². The van der Waals surface area contributed by atoms with E-state index in [1.165, 1.54) is 0 Å². The predicted octanol–water partition coefficient (Wildman–Crippen LogP) is 0.803. The van der Waals surface area contributed by atoms with E-state index in [0.717, 1.165) is 19.1 Å². The van der Waals surface area contributed by atoms with Gasteiger partial charge in [-0.2, -0.15) is 0 Å². The number of nitrogens with one attached hydrogen (secondary N) is 3. The molecule has 0 aliphatic carbocycles. The Morgan fingerprint density at radius 1 is 1.64 bits per heavy atom. The lowest BCUT2D eigenvalue weighted by molar-refractivity contribution is 0.944. The number of nitrogens with two attached hydrogens (primary N) is 1. The van der Waals surface area contributed by atoms with E-state index >= 15 is 0 Å². The fourth-order valence-electron chi connectivity index (χ4n) is 0.601. The molecular weight excluding hydrogens is 140 g/mol. The zero-order chi connectivity index (χ0) is 8.69. The lowest BCUT2D eigenvalue weighted by Crippen LogP contribution is -2.29. The summed E-state index contributed by atoms with van der Waals surface area (Å²) >= 11 is 0. The standard InChI is InChI=1S/C7H14N4/c1-2-3-4-6(5-8)11-7(9)10/h4-5,8H,2-3H2,1H3,(H4,9,10,11)/b6-4+,8-5?. The van der Waals surface area contributed by atoms with Gasteiger partial charge in [0.25, 0.3) is 0 Å². The van der Waals surface area contributed by atoms with Gasteiger partial charge in [-0.15, -0.1) is 0 Å². The zero-order valence-electron chi connectivity index (χ0n) is 6.65. The van der Waals surface area contributed by atoms with Crippen LogP contribution in [0.3, 0.4) is 0 Å². The van der Waals surface area contributed by atoms with Gasteiger partial charge in [0.1, 0.15) is 0 Å². The summed E-state index contributed by atoms with van der Waals surface area (Å²) in [6, 6.07) is 0. The van der Waals surface area contributed by atoms with Crippen molar-refractivity contribution in [1.82, 2.24) is 5.32 Å². The Hall–Kier alpha value is -1.32. The van der Waals surface area contributed by atoms with Crippen LogP contribution in [0.15, 0.2) is 11.8 Å². The number of unbranched alkanes of at least 4 members (excludes halogenated alkanes) is 1. The van der Waals surface area contributed by atoms with Crippen molar-refractivity contribution in [2.45, 2.75) is 19.8 Å². The highest BCUT2D eigenvalue weighted by atomic mass is 15.0. The number of rotatable bonds is 4. The van der Waals surface area contributed by atoms with Crippen LogP contribution in [-0.2, 0) is 0 Å². The number of allylic oxidation sites excluding steroid dienone is 2. The van der Waals surface area contributed by atoms with Crippen LogP contribution in [0.1, 0.15) is 19.8 Å². The van der Waals surface area contributed by atoms with Gasteiger partial charge in [0, 0.05) is 6.21 Å². The lowest BCUT2D eigenvalue weighted by atomic mass is 10.3. The molecule has 0 saturated carbocycles. The highest BCUT2D eigenvalue weighted by molar-refractivity contribution is 5.85. The Bertz CT molecular complexity index is 171. The van der Waals surface area contributed by atoms with Crippen molar-refractivity contribution in [3.63, 3.8) is 0 Å². The van der Waals surface area contributed by atoms with Gasteiger partial charge in [0.15, 0.2) is 5.96 Å². The van der Waals surface area contributed by atoms with Crippen LogP contribution >= 0.6 is 0 Å². The molecule has 0 radical (unpaired) electrons. The highest BCUT2D eigenvalue weighted by Gasteiger charge is 1.90. The summed E-state index contributed by atoms with van der Waals surface area (Å²) in [5.41, 5.74) is 5.65. The summed E-state index contributed by atoms with van der Waals surface area (Å²) in [5.74, 6) is -0.129. The van der Waals surface area contributed by atoms with Crippen molar-refractivity contribution >= 4 is 12.2 Å². The average molecular weight is 154 g/mol. The van der Waals surface area contributed by atoms with E-state index < -0.39 is 0 Å². The highest BCUT2D eigenvalue weighted by Crippen LogP contribution is 1.92. The fraction of sp³-hybridized carbons (Fsp3) is 0.429. The topological polar surface area (TPSA) is 85.8 Å². The monoisotopic (exact) mass is 154 g/mol. The molecule has 0 atom stereocenters. The molecule has 0 aliphatic heterocycles. The molecule has 0 amide bonds. The van der Waals surface area contributed by atoms with Crippen molar-refractivity contribution in [2.24, 2.45) is 5.73 Å². The molecule has 0 aliphatic rings. The summed E-state index contributed by atoms with van der Waals surface area (Å²) < 4.78 is 0. The molecule has 62 valence electrons. The minimum absolute atomic E-state index is 0.129. The second kappa shape index (κ2) is 5.46. The molecule has 0 aromatic carbocycles. The molecule has 11 heavy (non-hydrogen) atoms.